The van der Waals surface area contributed by atoms with Crippen molar-refractivity contribution in [2.24, 2.45) is 10.2 Å². The Morgan fingerprint density at radius 1 is 1.11 bits per heavy atom. The first-order valence-electron chi connectivity index (χ1n) is 5.56. The predicted molar refractivity (Wildman–Crippen MR) is 74.3 cm³/mol. The average Bonchev–Trinajstić information content (AvgIpc) is 2.73. The first kappa shape index (κ1) is 12.6. The molecule has 0 aliphatic rings. The lowest BCUT2D eigenvalue weighted by Gasteiger charge is -2.13. The molecule has 0 spiro atoms. The summed E-state index contributed by atoms with van der Waals surface area (Å²) in [6.07, 6.45) is 0. The fourth-order valence-electron chi connectivity index (χ4n) is 1.45. The van der Waals surface area contributed by atoms with Crippen LogP contribution in [0, 0.1) is 13.8 Å². The van der Waals surface area contributed by atoms with Crippen molar-refractivity contribution in [2.75, 3.05) is 19.0 Å². The fourth-order valence-corrected chi connectivity index (χ4v) is 1.96. The molecule has 0 amide bonds. The maximum atomic E-state index is 4.20. The van der Waals surface area contributed by atoms with Gasteiger partial charge in [0.05, 0.1) is 5.69 Å². The molecule has 18 heavy (non-hydrogen) atoms. The van der Waals surface area contributed by atoms with Crippen molar-refractivity contribution in [3.8, 4) is 0 Å². The van der Waals surface area contributed by atoms with E-state index in [0.29, 0.717) is 5.13 Å². The topological polar surface area (TPSA) is 53.7 Å². The molecule has 1 heterocycles. The number of azo groups is 1. The Morgan fingerprint density at radius 2 is 1.89 bits per heavy atom. The van der Waals surface area contributed by atoms with Gasteiger partial charge in [0, 0.05) is 19.8 Å². The molecule has 0 atom stereocenters. The van der Waals surface area contributed by atoms with Gasteiger partial charge in [0.2, 0.25) is 0 Å². The normalized spacial score (nSPS) is 11.1. The summed E-state index contributed by atoms with van der Waals surface area (Å²) >= 11 is 1.43. The van der Waals surface area contributed by atoms with E-state index >= 15 is 0 Å². The minimum atomic E-state index is 0.587. The summed E-state index contributed by atoms with van der Waals surface area (Å²) in [4.78, 5) is 2.06. The van der Waals surface area contributed by atoms with E-state index in [1.54, 1.807) is 0 Å². The number of hydrogen-bond acceptors (Lipinski definition) is 6. The van der Waals surface area contributed by atoms with Crippen LogP contribution in [0.1, 0.15) is 10.6 Å². The molecule has 0 saturated heterocycles. The lowest BCUT2D eigenvalue weighted by molar-refractivity contribution is 1.02. The number of anilines is 1. The van der Waals surface area contributed by atoms with Gasteiger partial charge in [-0.15, -0.1) is 20.4 Å². The van der Waals surface area contributed by atoms with Crippen molar-refractivity contribution in [2.45, 2.75) is 13.8 Å². The molecule has 5 nitrogen and oxygen atoms in total. The van der Waals surface area contributed by atoms with Gasteiger partial charge in [0.25, 0.3) is 5.13 Å². The van der Waals surface area contributed by atoms with Gasteiger partial charge < -0.3 is 4.90 Å². The first-order valence-corrected chi connectivity index (χ1v) is 6.38. The van der Waals surface area contributed by atoms with Crippen LogP contribution in [0.5, 0.6) is 0 Å². The third kappa shape index (κ3) is 2.89. The highest BCUT2D eigenvalue weighted by Gasteiger charge is 2.02. The maximum absolute atomic E-state index is 4.20. The Labute approximate surface area is 110 Å². The standard InChI is InChI=1S/C12H15N5S/c1-8-7-10(17(3)4)5-6-11(8)14-16-12-15-13-9(2)18-12/h5-7H,1-4H3. The molecular weight excluding hydrogens is 246 g/mol. The molecule has 0 N–H and O–H groups in total. The van der Waals surface area contributed by atoms with Gasteiger partial charge in [-0.2, -0.15) is 0 Å². The molecule has 0 unspecified atom stereocenters. The number of aromatic nitrogens is 2. The van der Waals surface area contributed by atoms with E-state index in [4.69, 9.17) is 0 Å². The van der Waals surface area contributed by atoms with E-state index in [2.05, 4.69) is 31.4 Å². The first-order chi connectivity index (χ1) is 8.56. The smallest absolute Gasteiger partial charge is 0.251 e. The van der Waals surface area contributed by atoms with E-state index in [9.17, 15) is 0 Å². The Kier molecular flexibility index (Phi) is 3.66. The molecule has 94 valence electrons. The molecule has 1 aromatic carbocycles. The highest BCUT2D eigenvalue weighted by molar-refractivity contribution is 7.14. The number of rotatable bonds is 3. The lowest BCUT2D eigenvalue weighted by atomic mass is 10.2. The molecule has 0 fully saturated rings. The molecular formula is C12H15N5S. The minimum Gasteiger partial charge on any atom is -0.378 e. The van der Waals surface area contributed by atoms with E-state index in [1.165, 1.54) is 11.3 Å². The quantitative estimate of drug-likeness (QED) is 0.793. The maximum Gasteiger partial charge on any atom is 0.251 e. The van der Waals surface area contributed by atoms with Crippen LogP contribution in [0.15, 0.2) is 28.4 Å². The monoisotopic (exact) mass is 261 g/mol. The zero-order valence-corrected chi connectivity index (χ0v) is 11.7. The molecule has 0 saturated carbocycles. The number of benzene rings is 1. The zero-order valence-electron chi connectivity index (χ0n) is 10.9. The minimum absolute atomic E-state index is 0.587. The summed E-state index contributed by atoms with van der Waals surface area (Å²) < 4.78 is 0. The predicted octanol–water partition coefficient (Wildman–Crippen LogP) is 3.64. The molecule has 0 bridgehead atoms. The molecule has 0 aliphatic heterocycles. The number of aryl methyl sites for hydroxylation is 2. The zero-order chi connectivity index (χ0) is 13.1. The van der Waals surface area contributed by atoms with Gasteiger partial charge in [-0.3, -0.25) is 0 Å². The van der Waals surface area contributed by atoms with Crippen molar-refractivity contribution in [1.82, 2.24) is 10.2 Å². The van der Waals surface area contributed by atoms with Gasteiger partial charge in [-0.05, 0) is 37.6 Å². The average molecular weight is 261 g/mol. The summed E-state index contributed by atoms with van der Waals surface area (Å²) in [5.41, 5.74) is 3.10. The Bertz CT molecular complexity index is 574. The molecule has 1 aromatic heterocycles. The van der Waals surface area contributed by atoms with E-state index in [-0.39, 0.29) is 0 Å². The Morgan fingerprint density at radius 3 is 2.44 bits per heavy atom. The number of nitrogens with zero attached hydrogens (tertiary/aromatic N) is 5. The van der Waals surface area contributed by atoms with E-state index in [1.807, 2.05) is 40.1 Å². The highest BCUT2D eigenvalue weighted by Crippen LogP contribution is 2.26. The largest absolute Gasteiger partial charge is 0.378 e. The van der Waals surface area contributed by atoms with Gasteiger partial charge in [0.15, 0.2) is 0 Å². The summed E-state index contributed by atoms with van der Waals surface area (Å²) in [6, 6.07) is 6.06. The summed E-state index contributed by atoms with van der Waals surface area (Å²) in [5.74, 6) is 0. The van der Waals surface area contributed by atoms with Crippen molar-refractivity contribution >= 4 is 27.8 Å². The van der Waals surface area contributed by atoms with Gasteiger partial charge in [-0.1, -0.05) is 11.3 Å². The Balaban J connectivity index is 2.22. The van der Waals surface area contributed by atoms with E-state index in [0.717, 1.165) is 21.9 Å². The Hall–Kier alpha value is -1.82. The fraction of sp³-hybridized carbons (Fsp3) is 0.333. The molecule has 2 aromatic rings. The molecule has 0 radical (unpaired) electrons. The van der Waals surface area contributed by atoms with Gasteiger partial charge in [-0.25, -0.2) is 0 Å². The third-order valence-corrected chi connectivity index (χ3v) is 3.18. The summed E-state index contributed by atoms with van der Waals surface area (Å²) in [6.45, 7) is 3.92. The number of hydrogen-bond donors (Lipinski definition) is 0. The third-order valence-electron chi connectivity index (χ3n) is 2.46. The second-order valence-corrected chi connectivity index (χ2v) is 5.33. The van der Waals surface area contributed by atoms with Crippen LogP contribution >= 0.6 is 11.3 Å². The van der Waals surface area contributed by atoms with Crippen molar-refractivity contribution < 1.29 is 0 Å². The second-order valence-electron chi connectivity index (χ2n) is 4.17. The lowest BCUT2D eigenvalue weighted by Crippen LogP contribution is -2.08. The van der Waals surface area contributed by atoms with Gasteiger partial charge >= 0.3 is 0 Å². The second kappa shape index (κ2) is 5.22. The SMILES string of the molecule is Cc1nnc(N=Nc2ccc(N(C)C)cc2C)s1. The van der Waals surface area contributed by atoms with Crippen LogP contribution in [0.25, 0.3) is 0 Å². The molecule has 2 rings (SSSR count). The highest BCUT2D eigenvalue weighted by atomic mass is 32.1. The van der Waals surface area contributed by atoms with Crippen LogP contribution in [0.3, 0.4) is 0 Å². The summed E-state index contributed by atoms with van der Waals surface area (Å²) in [5, 5.41) is 17.6. The molecule has 6 heteroatoms. The van der Waals surface area contributed by atoms with Crippen LogP contribution in [-0.2, 0) is 0 Å². The molecule has 0 aliphatic carbocycles. The van der Waals surface area contributed by atoms with Crippen LogP contribution in [0.4, 0.5) is 16.5 Å². The van der Waals surface area contributed by atoms with E-state index < -0.39 is 0 Å². The summed E-state index contributed by atoms with van der Waals surface area (Å²) in [7, 11) is 4.03. The van der Waals surface area contributed by atoms with Crippen molar-refractivity contribution in [1.29, 1.82) is 0 Å². The van der Waals surface area contributed by atoms with Crippen LogP contribution in [0.2, 0.25) is 0 Å². The van der Waals surface area contributed by atoms with Crippen molar-refractivity contribution in [3.63, 3.8) is 0 Å². The van der Waals surface area contributed by atoms with Crippen molar-refractivity contribution in [3.05, 3.63) is 28.8 Å². The van der Waals surface area contributed by atoms with Crippen LogP contribution in [-0.4, -0.2) is 24.3 Å². The van der Waals surface area contributed by atoms with Crippen LogP contribution < -0.4 is 4.90 Å². The van der Waals surface area contributed by atoms with Gasteiger partial charge in [0.1, 0.15) is 5.01 Å².